The second-order valence-electron chi connectivity index (χ2n) is 5.90. The van der Waals surface area contributed by atoms with Gasteiger partial charge in [-0.05, 0) is 30.3 Å². The summed E-state index contributed by atoms with van der Waals surface area (Å²) in [6, 6.07) is 9.04. The Hall–Kier alpha value is -2.52. The van der Waals surface area contributed by atoms with Gasteiger partial charge in [-0.3, -0.25) is 0 Å². The summed E-state index contributed by atoms with van der Waals surface area (Å²) < 4.78 is 70.3. The molecule has 0 N–H and O–H groups in total. The summed E-state index contributed by atoms with van der Waals surface area (Å²) in [5, 5.41) is 4.21. The Kier molecular flexibility index (Phi) is 5.40. The SMILES string of the molecule is COc1cc(-n2nc(C(F)F)cc2-c2ccc(S(C)(=O)=O)c(F)c2)ccc1Cl. The molecule has 28 heavy (non-hydrogen) atoms. The van der Waals surface area contributed by atoms with Gasteiger partial charge in [0.2, 0.25) is 0 Å². The van der Waals surface area contributed by atoms with Gasteiger partial charge in [0.1, 0.15) is 22.2 Å². The number of alkyl halides is 2. The summed E-state index contributed by atoms with van der Waals surface area (Å²) in [6.45, 7) is 0. The fraction of sp³-hybridized carbons (Fsp3) is 0.167. The van der Waals surface area contributed by atoms with Crippen LogP contribution in [0.25, 0.3) is 16.9 Å². The number of halogens is 4. The Bertz CT molecular complexity index is 1150. The summed E-state index contributed by atoms with van der Waals surface area (Å²) >= 11 is 6.00. The van der Waals surface area contributed by atoms with Gasteiger partial charge in [-0.15, -0.1) is 0 Å². The smallest absolute Gasteiger partial charge is 0.282 e. The minimum atomic E-state index is -3.77. The van der Waals surface area contributed by atoms with E-state index in [4.69, 9.17) is 16.3 Å². The first-order valence-electron chi connectivity index (χ1n) is 7.84. The second kappa shape index (κ2) is 7.48. The molecular weight excluding hydrogens is 417 g/mol. The molecule has 0 saturated carbocycles. The molecule has 0 amide bonds. The van der Waals surface area contributed by atoms with Crippen LogP contribution in [0.2, 0.25) is 5.02 Å². The number of nitrogens with zero attached hydrogens (tertiary/aromatic N) is 2. The van der Waals surface area contributed by atoms with Crippen molar-refractivity contribution in [2.24, 2.45) is 0 Å². The van der Waals surface area contributed by atoms with Crippen LogP contribution in [0.3, 0.4) is 0 Å². The zero-order chi connectivity index (χ0) is 20.6. The van der Waals surface area contributed by atoms with Crippen molar-refractivity contribution in [1.82, 2.24) is 9.78 Å². The van der Waals surface area contributed by atoms with Gasteiger partial charge in [0.05, 0.1) is 23.5 Å². The highest BCUT2D eigenvalue weighted by Crippen LogP contribution is 2.32. The average molecular weight is 431 g/mol. The lowest BCUT2D eigenvalue weighted by molar-refractivity contribution is 0.145. The largest absolute Gasteiger partial charge is 0.495 e. The van der Waals surface area contributed by atoms with Crippen LogP contribution in [-0.2, 0) is 9.84 Å². The van der Waals surface area contributed by atoms with E-state index in [0.717, 1.165) is 24.5 Å². The summed E-state index contributed by atoms with van der Waals surface area (Å²) in [6.07, 6.45) is -1.97. The highest BCUT2D eigenvalue weighted by atomic mass is 35.5. The highest BCUT2D eigenvalue weighted by Gasteiger charge is 2.21. The third-order valence-corrected chi connectivity index (χ3v) is 5.40. The summed E-state index contributed by atoms with van der Waals surface area (Å²) in [4.78, 5) is -0.482. The highest BCUT2D eigenvalue weighted by molar-refractivity contribution is 7.90. The molecule has 1 aromatic heterocycles. The van der Waals surface area contributed by atoms with E-state index in [1.54, 1.807) is 0 Å². The van der Waals surface area contributed by atoms with Crippen LogP contribution in [0.1, 0.15) is 12.1 Å². The number of benzene rings is 2. The molecule has 0 spiro atoms. The molecule has 3 aromatic rings. The molecule has 1 heterocycles. The van der Waals surface area contributed by atoms with Crippen molar-refractivity contribution < 1.29 is 26.3 Å². The normalized spacial score (nSPS) is 11.8. The first-order valence-corrected chi connectivity index (χ1v) is 10.1. The molecule has 148 valence electrons. The Labute approximate surface area is 164 Å². The van der Waals surface area contributed by atoms with E-state index in [1.807, 2.05) is 0 Å². The maximum Gasteiger partial charge on any atom is 0.282 e. The Morgan fingerprint density at radius 3 is 2.43 bits per heavy atom. The van der Waals surface area contributed by atoms with Crippen LogP contribution in [0.4, 0.5) is 13.2 Å². The lowest BCUT2D eigenvalue weighted by atomic mass is 10.1. The van der Waals surface area contributed by atoms with Crippen LogP contribution in [-0.4, -0.2) is 31.6 Å². The average Bonchev–Trinajstić information content (AvgIpc) is 3.06. The van der Waals surface area contributed by atoms with Gasteiger partial charge < -0.3 is 4.74 Å². The summed E-state index contributed by atoms with van der Waals surface area (Å²) in [5.74, 6) is -0.683. The third-order valence-electron chi connectivity index (χ3n) is 3.96. The predicted molar refractivity (Wildman–Crippen MR) is 98.6 cm³/mol. The molecule has 2 aromatic carbocycles. The van der Waals surface area contributed by atoms with Crippen molar-refractivity contribution >= 4 is 21.4 Å². The maximum absolute atomic E-state index is 14.3. The number of sulfone groups is 1. The number of ether oxygens (including phenoxy) is 1. The minimum absolute atomic E-state index is 0.152. The van der Waals surface area contributed by atoms with Gasteiger partial charge in [0.15, 0.2) is 9.84 Å². The Balaban J connectivity index is 2.20. The quantitative estimate of drug-likeness (QED) is 0.589. The molecule has 0 aliphatic heterocycles. The van der Waals surface area contributed by atoms with Crippen molar-refractivity contribution in [2.75, 3.05) is 13.4 Å². The lowest BCUT2D eigenvalue weighted by Gasteiger charge is -2.11. The van der Waals surface area contributed by atoms with Crippen molar-refractivity contribution in [1.29, 1.82) is 0 Å². The lowest BCUT2D eigenvalue weighted by Crippen LogP contribution is -2.03. The molecule has 0 aliphatic carbocycles. The molecule has 0 bridgehead atoms. The summed E-state index contributed by atoms with van der Waals surface area (Å²) in [5.41, 5.74) is 0.170. The molecule has 0 fully saturated rings. The van der Waals surface area contributed by atoms with Gasteiger partial charge in [-0.25, -0.2) is 26.3 Å². The molecule has 10 heteroatoms. The molecule has 0 atom stereocenters. The molecule has 5 nitrogen and oxygen atoms in total. The third kappa shape index (κ3) is 3.85. The van der Waals surface area contributed by atoms with Crippen LogP contribution in [0, 0.1) is 5.82 Å². The van der Waals surface area contributed by atoms with Gasteiger partial charge in [0, 0.05) is 17.9 Å². The van der Waals surface area contributed by atoms with Crippen LogP contribution in [0.15, 0.2) is 47.4 Å². The Morgan fingerprint density at radius 1 is 1.14 bits per heavy atom. The van der Waals surface area contributed by atoms with E-state index >= 15 is 0 Å². The topological polar surface area (TPSA) is 61.2 Å². The standard InChI is InChI=1S/C18H14ClF3N2O3S/c1-27-16-8-11(4-5-12(16)19)24-15(9-14(23-24)18(21)22)10-3-6-17(13(20)7-10)28(2,25)26/h3-9,18H,1-2H3. The number of hydrogen-bond acceptors (Lipinski definition) is 4. The van der Waals surface area contributed by atoms with Crippen molar-refractivity contribution in [3.05, 3.63) is 59.0 Å². The fourth-order valence-electron chi connectivity index (χ4n) is 2.65. The summed E-state index contributed by atoms with van der Waals surface area (Å²) in [7, 11) is -2.36. The van der Waals surface area contributed by atoms with E-state index in [1.165, 1.54) is 36.1 Å². The number of aromatic nitrogens is 2. The number of hydrogen-bond donors (Lipinski definition) is 0. The fourth-order valence-corrected chi connectivity index (χ4v) is 3.57. The van der Waals surface area contributed by atoms with E-state index in [2.05, 4.69) is 5.10 Å². The van der Waals surface area contributed by atoms with Gasteiger partial charge >= 0.3 is 0 Å². The molecule has 0 radical (unpaired) electrons. The zero-order valence-corrected chi connectivity index (χ0v) is 16.2. The first kappa shape index (κ1) is 20.2. The van der Waals surface area contributed by atoms with Crippen LogP contribution >= 0.6 is 11.6 Å². The van der Waals surface area contributed by atoms with E-state index < -0.39 is 32.7 Å². The van der Waals surface area contributed by atoms with Crippen molar-refractivity contribution in [3.8, 4) is 22.7 Å². The molecule has 0 aliphatic rings. The van der Waals surface area contributed by atoms with Gasteiger partial charge in [-0.1, -0.05) is 17.7 Å². The first-order chi connectivity index (χ1) is 13.1. The minimum Gasteiger partial charge on any atom is -0.495 e. The van der Waals surface area contributed by atoms with E-state index in [-0.39, 0.29) is 11.3 Å². The molecule has 3 rings (SSSR count). The Morgan fingerprint density at radius 2 is 1.86 bits per heavy atom. The monoisotopic (exact) mass is 430 g/mol. The van der Waals surface area contributed by atoms with E-state index in [0.29, 0.717) is 16.5 Å². The molecule has 0 unspecified atom stereocenters. The predicted octanol–water partition coefficient (Wildman–Crippen LogP) is 4.68. The number of rotatable bonds is 5. The van der Waals surface area contributed by atoms with Crippen molar-refractivity contribution in [3.63, 3.8) is 0 Å². The van der Waals surface area contributed by atoms with Gasteiger partial charge in [0.25, 0.3) is 6.43 Å². The second-order valence-corrected chi connectivity index (χ2v) is 8.29. The zero-order valence-electron chi connectivity index (χ0n) is 14.7. The van der Waals surface area contributed by atoms with E-state index in [9.17, 15) is 21.6 Å². The van der Waals surface area contributed by atoms with Crippen molar-refractivity contribution in [2.45, 2.75) is 11.3 Å². The molecular formula is C18H14ClF3N2O3S. The maximum atomic E-state index is 14.3. The number of methoxy groups -OCH3 is 1. The van der Waals surface area contributed by atoms with Gasteiger partial charge in [-0.2, -0.15) is 5.10 Å². The van der Waals surface area contributed by atoms with Crippen LogP contribution in [0.5, 0.6) is 5.75 Å². The molecule has 0 saturated heterocycles. The van der Waals surface area contributed by atoms with Crippen LogP contribution < -0.4 is 4.74 Å².